The van der Waals surface area contributed by atoms with Crippen LogP contribution in [0.25, 0.3) is 0 Å². The topological polar surface area (TPSA) is 17.8 Å². The molecule has 1 atom stereocenters. The Kier molecular flexibility index (Phi) is 9.82. The van der Waals surface area contributed by atoms with E-state index in [9.17, 15) is 0 Å². The second kappa shape index (κ2) is 11.9. The minimum Gasteiger partial charge on any atom is -0.337 e. The van der Waals surface area contributed by atoms with Gasteiger partial charge < -0.3 is 4.57 Å². The molecular formula is C20H28Cl2N2S. The minimum absolute atomic E-state index is 0.589. The molecule has 25 heavy (non-hydrogen) atoms. The lowest BCUT2D eigenvalue weighted by Crippen LogP contribution is -2.08. The summed E-state index contributed by atoms with van der Waals surface area (Å²) >= 11 is 14.1. The Morgan fingerprint density at radius 3 is 2.56 bits per heavy atom. The van der Waals surface area contributed by atoms with E-state index in [2.05, 4.69) is 22.5 Å². The number of aromatic nitrogens is 2. The molecule has 0 amide bonds. The summed E-state index contributed by atoms with van der Waals surface area (Å²) in [5, 5.41) is 1.85. The highest BCUT2D eigenvalue weighted by Crippen LogP contribution is 2.33. The molecule has 0 radical (unpaired) electrons. The third-order valence-electron chi connectivity index (χ3n) is 4.34. The Morgan fingerprint density at radius 2 is 1.84 bits per heavy atom. The molecule has 0 saturated heterocycles. The summed E-state index contributed by atoms with van der Waals surface area (Å²) in [4.78, 5) is 5.34. The molecule has 1 unspecified atom stereocenters. The van der Waals surface area contributed by atoms with Gasteiger partial charge in [0.05, 0.1) is 16.4 Å². The zero-order valence-corrected chi connectivity index (χ0v) is 17.3. The Hall–Kier alpha value is -0.640. The summed E-state index contributed by atoms with van der Waals surface area (Å²) in [6.07, 6.45) is 16.2. The summed E-state index contributed by atoms with van der Waals surface area (Å²) in [6, 6.07) is 5.95. The van der Waals surface area contributed by atoms with E-state index in [1.807, 2.05) is 42.6 Å². The average molecular weight is 399 g/mol. The van der Waals surface area contributed by atoms with Gasteiger partial charge in [-0.1, -0.05) is 68.7 Å². The van der Waals surface area contributed by atoms with Crippen LogP contribution >= 0.6 is 35.0 Å². The van der Waals surface area contributed by atoms with Crippen LogP contribution in [0.2, 0.25) is 10.0 Å². The van der Waals surface area contributed by atoms with Crippen molar-refractivity contribution >= 4 is 35.0 Å². The van der Waals surface area contributed by atoms with E-state index in [0.29, 0.717) is 15.3 Å². The van der Waals surface area contributed by atoms with Crippen LogP contribution < -0.4 is 0 Å². The number of nitrogens with zero attached hydrogens (tertiary/aromatic N) is 2. The van der Waals surface area contributed by atoms with Crippen molar-refractivity contribution in [2.24, 2.45) is 0 Å². The van der Waals surface area contributed by atoms with Gasteiger partial charge in [0.15, 0.2) is 0 Å². The number of hydrogen-bond donors (Lipinski definition) is 0. The Balaban J connectivity index is 1.85. The third kappa shape index (κ3) is 8.06. The highest BCUT2D eigenvalue weighted by atomic mass is 35.5. The molecule has 0 N–H and O–H groups in total. The second-order valence-corrected chi connectivity index (χ2v) is 8.65. The average Bonchev–Trinajstić information content (AvgIpc) is 3.12. The molecule has 0 saturated carbocycles. The molecule has 1 aromatic heterocycles. The molecule has 5 heteroatoms. The number of aryl methyl sites for hydroxylation is 1. The fourth-order valence-electron chi connectivity index (χ4n) is 2.87. The summed E-state index contributed by atoms with van der Waals surface area (Å²) in [7, 11) is 0. The lowest BCUT2D eigenvalue weighted by Gasteiger charge is -2.17. The highest BCUT2D eigenvalue weighted by molar-refractivity contribution is 8.00. The molecule has 0 bridgehead atoms. The third-order valence-corrected chi connectivity index (χ3v) is 6.41. The second-order valence-electron chi connectivity index (χ2n) is 6.46. The van der Waals surface area contributed by atoms with Gasteiger partial charge in [0, 0.05) is 29.1 Å². The maximum atomic E-state index is 6.17. The molecule has 0 aliphatic rings. The van der Waals surface area contributed by atoms with Crippen LogP contribution in [0.15, 0.2) is 41.8 Å². The van der Waals surface area contributed by atoms with Crippen molar-refractivity contribution in [1.82, 2.24) is 9.55 Å². The number of thioether (sulfide) groups is 1. The van der Waals surface area contributed by atoms with Crippen LogP contribution in [-0.4, -0.2) is 14.8 Å². The van der Waals surface area contributed by atoms with Gasteiger partial charge in [0.2, 0.25) is 0 Å². The SMILES string of the molecule is CCCCCCCCC(CCn1ccnc1)Sc1ccc(Cl)c(Cl)c1. The predicted octanol–water partition coefficient (Wildman–Crippen LogP) is 7.49. The van der Waals surface area contributed by atoms with Gasteiger partial charge in [-0.15, -0.1) is 11.8 Å². The predicted molar refractivity (Wildman–Crippen MR) is 111 cm³/mol. The van der Waals surface area contributed by atoms with Gasteiger partial charge in [-0.05, 0) is 31.0 Å². The standard InChI is InChI=1S/C20H28Cl2N2S/c1-2-3-4-5-6-7-8-17(11-13-24-14-12-23-16-24)25-18-9-10-19(21)20(22)15-18/h9-10,12,14-17H,2-8,11,13H2,1H3. The van der Waals surface area contributed by atoms with Gasteiger partial charge in [0.25, 0.3) is 0 Å². The molecule has 0 spiro atoms. The molecule has 0 fully saturated rings. The quantitative estimate of drug-likeness (QED) is 0.272. The molecular weight excluding hydrogens is 371 g/mol. The Labute approximate surface area is 166 Å². The van der Waals surface area contributed by atoms with Crippen molar-refractivity contribution in [1.29, 1.82) is 0 Å². The van der Waals surface area contributed by atoms with Gasteiger partial charge in [-0.2, -0.15) is 0 Å². The molecule has 138 valence electrons. The van der Waals surface area contributed by atoms with E-state index in [1.54, 1.807) is 0 Å². The number of imidazole rings is 1. The molecule has 1 heterocycles. The van der Waals surface area contributed by atoms with Crippen molar-refractivity contribution in [3.05, 3.63) is 47.0 Å². The maximum Gasteiger partial charge on any atom is 0.0945 e. The number of unbranched alkanes of at least 4 members (excludes halogenated alkanes) is 5. The fraction of sp³-hybridized carbons (Fsp3) is 0.550. The van der Waals surface area contributed by atoms with Crippen molar-refractivity contribution in [2.75, 3.05) is 0 Å². The van der Waals surface area contributed by atoms with Crippen LogP contribution in [0.3, 0.4) is 0 Å². The van der Waals surface area contributed by atoms with Crippen molar-refractivity contribution in [3.8, 4) is 0 Å². The first kappa shape index (κ1) is 20.7. The summed E-state index contributed by atoms with van der Waals surface area (Å²) < 4.78 is 2.16. The maximum absolute atomic E-state index is 6.17. The van der Waals surface area contributed by atoms with Crippen LogP contribution in [0, 0.1) is 0 Å². The first-order chi connectivity index (χ1) is 12.2. The number of rotatable bonds is 12. The lowest BCUT2D eigenvalue weighted by molar-refractivity contribution is 0.547. The zero-order valence-electron chi connectivity index (χ0n) is 15.0. The van der Waals surface area contributed by atoms with Gasteiger partial charge in [-0.25, -0.2) is 4.98 Å². The molecule has 0 aliphatic carbocycles. The first-order valence-corrected chi connectivity index (χ1v) is 10.9. The summed E-state index contributed by atoms with van der Waals surface area (Å²) in [5.41, 5.74) is 0. The molecule has 0 aliphatic heterocycles. The van der Waals surface area contributed by atoms with E-state index in [-0.39, 0.29) is 0 Å². The summed E-state index contributed by atoms with van der Waals surface area (Å²) in [5.74, 6) is 0. The molecule has 2 rings (SSSR count). The van der Waals surface area contributed by atoms with E-state index in [0.717, 1.165) is 13.0 Å². The molecule has 2 aromatic rings. The van der Waals surface area contributed by atoms with E-state index >= 15 is 0 Å². The number of hydrogen-bond acceptors (Lipinski definition) is 2. The van der Waals surface area contributed by atoms with E-state index in [4.69, 9.17) is 23.2 Å². The van der Waals surface area contributed by atoms with E-state index in [1.165, 1.54) is 49.8 Å². The van der Waals surface area contributed by atoms with Crippen LogP contribution in [-0.2, 0) is 6.54 Å². The van der Waals surface area contributed by atoms with Crippen molar-refractivity contribution in [2.45, 2.75) is 75.0 Å². The Morgan fingerprint density at radius 1 is 1.04 bits per heavy atom. The van der Waals surface area contributed by atoms with Crippen molar-refractivity contribution in [3.63, 3.8) is 0 Å². The number of benzene rings is 1. The number of halogens is 2. The van der Waals surface area contributed by atoms with E-state index < -0.39 is 0 Å². The summed E-state index contributed by atoms with van der Waals surface area (Å²) in [6.45, 7) is 3.27. The van der Waals surface area contributed by atoms with Crippen LogP contribution in [0.4, 0.5) is 0 Å². The highest BCUT2D eigenvalue weighted by Gasteiger charge is 2.12. The normalized spacial score (nSPS) is 12.4. The van der Waals surface area contributed by atoms with Gasteiger partial charge >= 0.3 is 0 Å². The van der Waals surface area contributed by atoms with Gasteiger partial charge in [-0.3, -0.25) is 0 Å². The Bertz CT molecular complexity index is 602. The smallest absolute Gasteiger partial charge is 0.0945 e. The monoisotopic (exact) mass is 398 g/mol. The minimum atomic E-state index is 0.589. The van der Waals surface area contributed by atoms with Gasteiger partial charge in [0.1, 0.15) is 0 Å². The van der Waals surface area contributed by atoms with Crippen molar-refractivity contribution < 1.29 is 0 Å². The zero-order chi connectivity index (χ0) is 17.9. The molecule has 2 nitrogen and oxygen atoms in total. The largest absolute Gasteiger partial charge is 0.337 e. The lowest BCUT2D eigenvalue weighted by atomic mass is 10.1. The fourth-order valence-corrected chi connectivity index (χ4v) is 4.46. The first-order valence-electron chi connectivity index (χ1n) is 9.26. The van der Waals surface area contributed by atoms with Crippen LogP contribution in [0.5, 0.6) is 0 Å². The molecule has 1 aromatic carbocycles. The van der Waals surface area contributed by atoms with Crippen LogP contribution in [0.1, 0.15) is 58.3 Å².